The number of carbonyl (C=O) groups excluding carboxylic acids is 1. The standard InChI is InChI=1S/C13H16N4O2S/c1-8-10(17-12(18)19-13(2,3)4)20-11(16-8)9-5-14-7-15-6-9/h5-7H,1-4H3,(H,17,18). The normalized spacial score (nSPS) is 11.2. The van der Waals surface area contributed by atoms with Crippen molar-refractivity contribution in [2.24, 2.45) is 0 Å². The summed E-state index contributed by atoms with van der Waals surface area (Å²) in [6, 6.07) is 0. The first kappa shape index (κ1) is 14.4. The topological polar surface area (TPSA) is 77.0 Å². The predicted molar refractivity (Wildman–Crippen MR) is 77.7 cm³/mol. The largest absolute Gasteiger partial charge is 0.444 e. The number of hydrogen-bond acceptors (Lipinski definition) is 6. The van der Waals surface area contributed by atoms with Gasteiger partial charge in [-0.05, 0) is 27.7 Å². The van der Waals surface area contributed by atoms with E-state index >= 15 is 0 Å². The zero-order valence-corrected chi connectivity index (χ0v) is 12.6. The second-order valence-electron chi connectivity index (χ2n) is 5.19. The summed E-state index contributed by atoms with van der Waals surface area (Å²) in [6.45, 7) is 7.28. The Morgan fingerprint density at radius 2 is 1.95 bits per heavy atom. The highest BCUT2D eigenvalue weighted by atomic mass is 32.1. The van der Waals surface area contributed by atoms with Crippen LogP contribution in [0.2, 0.25) is 0 Å². The van der Waals surface area contributed by atoms with Crippen molar-refractivity contribution in [3.63, 3.8) is 0 Å². The lowest BCUT2D eigenvalue weighted by Gasteiger charge is -2.19. The van der Waals surface area contributed by atoms with Gasteiger partial charge in [0.15, 0.2) is 0 Å². The molecular formula is C13H16N4O2S. The molecule has 2 aromatic rings. The van der Waals surface area contributed by atoms with Crippen molar-refractivity contribution < 1.29 is 9.53 Å². The van der Waals surface area contributed by atoms with E-state index in [9.17, 15) is 4.79 Å². The van der Waals surface area contributed by atoms with Crippen molar-refractivity contribution >= 4 is 22.4 Å². The molecule has 0 aliphatic rings. The summed E-state index contributed by atoms with van der Waals surface area (Å²) >= 11 is 1.36. The van der Waals surface area contributed by atoms with Gasteiger partial charge in [0.25, 0.3) is 0 Å². The molecule has 1 amide bonds. The van der Waals surface area contributed by atoms with Crippen molar-refractivity contribution in [1.82, 2.24) is 15.0 Å². The molecule has 0 saturated carbocycles. The Morgan fingerprint density at radius 1 is 1.30 bits per heavy atom. The van der Waals surface area contributed by atoms with Crippen LogP contribution in [0.15, 0.2) is 18.7 Å². The Morgan fingerprint density at radius 3 is 2.55 bits per heavy atom. The van der Waals surface area contributed by atoms with Crippen LogP contribution in [0.25, 0.3) is 10.6 Å². The van der Waals surface area contributed by atoms with E-state index in [1.54, 1.807) is 12.4 Å². The second-order valence-corrected chi connectivity index (χ2v) is 6.19. The molecule has 0 spiro atoms. The first-order valence-electron chi connectivity index (χ1n) is 6.08. The Bertz CT molecular complexity index is 605. The molecule has 0 aliphatic heterocycles. The van der Waals surface area contributed by atoms with Crippen LogP contribution in [0.5, 0.6) is 0 Å². The molecular weight excluding hydrogens is 276 g/mol. The summed E-state index contributed by atoms with van der Waals surface area (Å²) in [5.41, 5.74) is 1.02. The Hall–Kier alpha value is -2.02. The third-order valence-corrected chi connectivity index (χ3v) is 3.34. The molecule has 2 aromatic heterocycles. The summed E-state index contributed by atoms with van der Waals surface area (Å²) in [6.07, 6.45) is 4.34. The van der Waals surface area contributed by atoms with E-state index in [0.29, 0.717) is 5.00 Å². The van der Waals surface area contributed by atoms with Gasteiger partial charge in [0, 0.05) is 18.0 Å². The van der Waals surface area contributed by atoms with Crippen LogP contribution >= 0.6 is 11.3 Å². The first-order chi connectivity index (χ1) is 9.35. The monoisotopic (exact) mass is 292 g/mol. The molecule has 106 valence electrons. The van der Waals surface area contributed by atoms with Crippen molar-refractivity contribution in [2.45, 2.75) is 33.3 Å². The van der Waals surface area contributed by atoms with Crippen LogP contribution in [0.3, 0.4) is 0 Å². The number of aryl methyl sites for hydroxylation is 1. The van der Waals surface area contributed by atoms with Crippen LogP contribution in [0.4, 0.5) is 9.80 Å². The van der Waals surface area contributed by atoms with E-state index < -0.39 is 11.7 Å². The molecule has 0 atom stereocenters. The van der Waals surface area contributed by atoms with Gasteiger partial charge in [-0.2, -0.15) is 0 Å². The van der Waals surface area contributed by atoms with Gasteiger partial charge in [-0.3, -0.25) is 5.32 Å². The fraction of sp³-hybridized carbons (Fsp3) is 0.385. The molecule has 2 heterocycles. The average Bonchev–Trinajstić information content (AvgIpc) is 2.70. The number of aromatic nitrogens is 3. The summed E-state index contributed by atoms with van der Waals surface area (Å²) < 4.78 is 5.22. The highest BCUT2D eigenvalue weighted by Gasteiger charge is 2.18. The zero-order valence-electron chi connectivity index (χ0n) is 11.8. The van der Waals surface area contributed by atoms with E-state index in [1.165, 1.54) is 17.7 Å². The number of hydrogen-bond donors (Lipinski definition) is 1. The molecule has 6 nitrogen and oxygen atoms in total. The molecule has 1 N–H and O–H groups in total. The minimum Gasteiger partial charge on any atom is -0.444 e. The lowest BCUT2D eigenvalue weighted by Crippen LogP contribution is -2.27. The Labute approximate surface area is 121 Å². The molecule has 0 aromatic carbocycles. The molecule has 0 fully saturated rings. The number of nitrogens with one attached hydrogen (secondary N) is 1. The van der Waals surface area contributed by atoms with Gasteiger partial charge in [0.1, 0.15) is 21.9 Å². The maximum Gasteiger partial charge on any atom is 0.412 e. The minimum atomic E-state index is -0.529. The van der Waals surface area contributed by atoms with E-state index in [-0.39, 0.29) is 0 Å². The number of amides is 1. The molecule has 0 aliphatic carbocycles. The van der Waals surface area contributed by atoms with E-state index in [2.05, 4.69) is 20.3 Å². The number of carbonyl (C=O) groups is 1. The highest BCUT2D eigenvalue weighted by Crippen LogP contribution is 2.31. The molecule has 2 rings (SSSR count). The fourth-order valence-corrected chi connectivity index (χ4v) is 2.37. The fourth-order valence-electron chi connectivity index (χ4n) is 1.44. The van der Waals surface area contributed by atoms with Crippen molar-refractivity contribution in [3.05, 3.63) is 24.4 Å². The van der Waals surface area contributed by atoms with Crippen LogP contribution in [-0.4, -0.2) is 26.6 Å². The number of anilines is 1. The van der Waals surface area contributed by atoms with Crippen LogP contribution in [0.1, 0.15) is 26.5 Å². The van der Waals surface area contributed by atoms with Crippen LogP contribution in [-0.2, 0) is 4.74 Å². The smallest absolute Gasteiger partial charge is 0.412 e. The van der Waals surface area contributed by atoms with Gasteiger partial charge in [-0.15, -0.1) is 0 Å². The van der Waals surface area contributed by atoms with Gasteiger partial charge in [0.2, 0.25) is 0 Å². The summed E-state index contributed by atoms with van der Waals surface area (Å²) in [5, 5.41) is 4.13. The summed E-state index contributed by atoms with van der Waals surface area (Å²) in [5.74, 6) is 0. The van der Waals surface area contributed by atoms with Crippen LogP contribution in [0, 0.1) is 6.92 Å². The molecule has 20 heavy (non-hydrogen) atoms. The summed E-state index contributed by atoms with van der Waals surface area (Å²) in [7, 11) is 0. The van der Waals surface area contributed by atoms with Gasteiger partial charge in [0.05, 0.1) is 5.69 Å². The third-order valence-electron chi connectivity index (χ3n) is 2.22. The SMILES string of the molecule is Cc1nc(-c2cncnc2)sc1NC(=O)OC(C)(C)C. The zero-order chi connectivity index (χ0) is 14.8. The maximum atomic E-state index is 11.7. The minimum absolute atomic E-state index is 0.486. The predicted octanol–water partition coefficient (Wildman–Crippen LogP) is 3.26. The Balaban J connectivity index is 2.15. The van der Waals surface area contributed by atoms with Gasteiger partial charge < -0.3 is 4.74 Å². The highest BCUT2D eigenvalue weighted by molar-refractivity contribution is 7.19. The number of thiazole rings is 1. The maximum absolute atomic E-state index is 11.7. The number of rotatable bonds is 2. The lowest BCUT2D eigenvalue weighted by molar-refractivity contribution is 0.0636. The number of ether oxygens (including phenoxy) is 1. The summed E-state index contributed by atoms with van der Waals surface area (Å²) in [4.78, 5) is 24.1. The van der Waals surface area contributed by atoms with E-state index in [1.807, 2.05) is 27.7 Å². The van der Waals surface area contributed by atoms with Crippen LogP contribution < -0.4 is 5.32 Å². The molecule has 0 unspecified atom stereocenters. The molecule has 0 radical (unpaired) electrons. The molecule has 0 bridgehead atoms. The Kier molecular flexibility index (Phi) is 3.99. The lowest BCUT2D eigenvalue weighted by atomic mass is 10.2. The van der Waals surface area contributed by atoms with Crippen molar-refractivity contribution in [1.29, 1.82) is 0 Å². The van der Waals surface area contributed by atoms with Gasteiger partial charge in [-0.25, -0.2) is 19.7 Å². The molecule has 7 heteroatoms. The third kappa shape index (κ3) is 3.74. The van der Waals surface area contributed by atoms with E-state index in [4.69, 9.17) is 4.74 Å². The second kappa shape index (κ2) is 5.54. The van der Waals surface area contributed by atoms with Crippen molar-refractivity contribution in [3.8, 4) is 10.6 Å². The first-order valence-corrected chi connectivity index (χ1v) is 6.89. The van der Waals surface area contributed by atoms with Crippen molar-refractivity contribution in [2.75, 3.05) is 5.32 Å². The molecule has 0 saturated heterocycles. The quantitative estimate of drug-likeness (QED) is 0.919. The number of nitrogens with zero attached hydrogens (tertiary/aromatic N) is 3. The van der Waals surface area contributed by atoms with Gasteiger partial charge in [-0.1, -0.05) is 11.3 Å². The van der Waals surface area contributed by atoms with E-state index in [0.717, 1.165) is 16.3 Å². The average molecular weight is 292 g/mol. The van der Waals surface area contributed by atoms with Gasteiger partial charge >= 0.3 is 6.09 Å².